The van der Waals surface area contributed by atoms with Crippen LogP contribution in [-0.4, -0.2) is 68.5 Å². The summed E-state index contributed by atoms with van der Waals surface area (Å²) < 4.78 is 23.3. The topological polar surface area (TPSA) is 108 Å². The van der Waals surface area contributed by atoms with Crippen molar-refractivity contribution >= 4 is 13.7 Å². The predicted molar refractivity (Wildman–Crippen MR) is 224 cm³/mol. The van der Waals surface area contributed by atoms with Crippen molar-refractivity contribution < 1.29 is 32.9 Å². The number of unbranched alkanes of at least 4 members (excludes halogenated alkanes) is 29. The fourth-order valence-corrected chi connectivity index (χ4v) is 7.65. The SMILES string of the molecule is CCCCCCCCCCCCCCCCCCCCC(=O)N[C@@H](COP(=O)([O-])OCC[N+](C)(C)C)[C@H](O)CCCCCCCCCCCCCCC. The van der Waals surface area contributed by atoms with Gasteiger partial charge in [-0.3, -0.25) is 9.36 Å². The molecule has 0 aromatic heterocycles. The number of likely N-dealkylation sites (N-methyl/N-ethyl adjacent to an activating group) is 1. The van der Waals surface area contributed by atoms with Gasteiger partial charge in [0, 0.05) is 6.42 Å². The number of nitrogens with one attached hydrogen (secondary N) is 1. The standard InChI is InChI=1S/C44H91N2O6P/c1-6-8-10-12-14-16-18-20-21-22-23-24-26-28-30-32-34-36-38-44(48)45-42(41-52-53(49,50)51-40-39-46(3,4)5)43(47)37-35-33-31-29-27-25-19-17-15-13-11-9-7-2/h42-43,47H,6-41H2,1-5H3,(H-,45,48,49,50)/t42-,43+/m0/s1. The van der Waals surface area contributed by atoms with Crippen LogP contribution in [0, 0.1) is 0 Å². The van der Waals surface area contributed by atoms with E-state index in [1.54, 1.807) is 0 Å². The first kappa shape index (κ1) is 52.5. The molecule has 0 rings (SSSR count). The average Bonchev–Trinajstić information content (AvgIpc) is 3.10. The van der Waals surface area contributed by atoms with E-state index in [1.165, 1.54) is 161 Å². The largest absolute Gasteiger partial charge is 0.756 e. The maximum absolute atomic E-state index is 12.9. The van der Waals surface area contributed by atoms with Gasteiger partial charge in [-0.2, -0.15) is 0 Å². The summed E-state index contributed by atoms with van der Waals surface area (Å²) in [4.78, 5) is 25.3. The zero-order valence-corrected chi connectivity index (χ0v) is 36.9. The third kappa shape index (κ3) is 39.5. The van der Waals surface area contributed by atoms with Crippen molar-refractivity contribution in [3.63, 3.8) is 0 Å². The summed E-state index contributed by atoms with van der Waals surface area (Å²) in [5.74, 6) is -0.161. The van der Waals surface area contributed by atoms with Crippen molar-refractivity contribution in [3.05, 3.63) is 0 Å². The molecule has 0 saturated heterocycles. The van der Waals surface area contributed by atoms with Crippen LogP contribution in [0.15, 0.2) is 0 Å². The first-order valence-corrected chi connectivity index (χ1v) is 24.3. The first-order chi connectivity index (χ1) is 25.5. The molecule has 0 fully saturated rings. The molecule has 0 radical (unpaired) electrons. The molecule has 0 bridgehead atoms. The highest BCUT2D eigenvalue weighted by Crippen LogP contribution is 2.38. The molecule has 0 aliphatic rings. The number of rotatable bonds is 42. The summed E-state index contributed by atoms with van der Waals surface area (Å²) in [6.45, 7) is 4.74. The monoisotopic (exact) mass is 775 g/mol. The second-order valence-corrected chi connectivity index (χ2v) is 18.5. The molecule has 0 aliphatic carbocycles. The third-order valence-corrected chi connectivity index (χ3v) is 11.6. The second-order valence-electron chi connectivity index (χ2n) is 17.1. The highest BCUT2D eigenvalue weighted by atomic mass is 31.2. The molecule has 0 saturated carbocycles. The Bertz CT molecular complexity index is 839. The van der Waals surface area contributed by atoms with E-state index in [0.717, 1.165) is 38.5 Å². The van der Waals surface area contributed by atoms with E-state index in [0.29, 0.717) is 23.9 Å². The van der Waals surface area contributed by atoms with Crippen molar-refractivity contribution in [2.45, 2.75) is 238 Å². The molecule has 1 amide bonds. The Morgan fingerprint density at radius 2 is 0.925 bits per heavy atom. The summed E-state index contributed by atoms with van der Waals surface area (Å²) in [6.07, 6.45) is 39.6. The van der Waals surface area contributed by atoms with Crippen LogP contribution in [0.3, 0.4) is 0 Å². The van der Waals surface area contributed by atoms with Crippen LogP contribution in [0.25, 0.3) is 0 Å². The van der Waals surface area contributed by atoms with Crippen LogP contribution in [0.4, 0.5) is 0 Å². The van der Waals surface area contributed by atoms with Gasteiger partial charge in [0.15, 0.2) is 0 Å². The van der Waals surface area contributed by atoms with Gasteiger partial charge in [0.05, 0.1) is 39.9 Å². The number of quaternary nitrogens is 1. The van der Waals surface area contributed by atoms with E-state index in [-0.39, 0.29) is 19.1 Å². The van der Waals surface area contributed by atoms with Crippen molar-refractivity contribution in [2.75, 3.05) is 40.9 Å². The molecule has 318 valence electrons. The maximum Gasteiger partial charge on any atom is 0.268 e. The van der Waals surface area contributed by atoms with E-state index >= 15 is 0 Å². The molecule has 0 aromatic rings. The summed E-state index contributed by atoms with van der Waals surface area (Å²) in [6, 6.07) is -0.792. The van der Waals surface area contributed by atoms with Gasteiger partial charge in [-0.25, -0.2) is 0 Å². The van der Waals surface area contributed by atoms with Gasteiger partial charge in [-0.05, 0) is 12.8 Å². The predicted octanol–water partition coefficient (Wildman–Crippen LogP) is 12.0. The van der Waals surface area contributed by atoms with Crippen molar-refractivity contribution in [1.29, 1.82) is 0 Å². The van der Waals surface area contributed by atoms with Crippen LogP contribution in [0.2, 0.25) is 0 Å². The molecule has 0 aliphatic heterocycles. The minimum Gasteiger partial charge on any atom is -0.756 e. The highest BCUT2D eigenvalue weighted by Gasteiger charge is 2.24. The minimum atomic E-state index is -4.55. The lowest BCUT2D eigenvalue weighted by Gasteiger charge is -2.30. The Hall–Kier alpha value is -0.500. The van der Waals surface area contributed by atoms with E-state index in [1.807, 2.05) is 21.1 Å². The fourth-order valence-electron chi connectivity index (χ4n) is 6.92. The molecule has 2 N–H and O–H groups in total. The van der Waals surface area contributed by atoms with E-state index < -0.39 is 20.0 Å². The zero-order valence-electron chi connectivity index (χ0n) is 36.0. The van der Waals surface area contributed by atoms with Crippen LogP contribution in [0.5, 0.6) is 0 Å². The molecule has 0 aromatic carbocycles. The second kappa shape index (κ2) is 37.1. The van der Waals surface area contributed by atoms with Gasteiger partial charge in [-0.1, -0.05) is 206 Å². The molecule has 3 atom stereocenters. The van der Waals surface area contributed by atoms with Crippen LogP contribution < -0.4 is 10.2 Å². The number of nitrogens with zero attached hydrogens (tertiary/aromatic N) is 1. The number of hydrogen-bond acceptors (Lipinski definition) is 6. The summed E-state index contributed by atoms with van der Waals surface area (Å²) in [5.41, 5.74) is 0. The summed E-state index contributed by atoms with van der Waals surface area (Å²) in [5, 5.41) is 13.9. The number of carbonyl (C=O) groups is 1. The number of phosphoric acid groups is 1. The molecular formula is C44H91N2O6P. The number of aliphatic hydroxyl groups is 1. The number of amides is 1. The molecule has 0 heterocycles. The highest BCUT2D eigenvalue weighted by molar-refractivity contribution is 7.45. The summed E-state index contributed by atoms with van der Waals surface area (Å²) >= 11 is 0. The summed E-state index contributed by atoms with van der Waals surface area (Å²) in [7, 11) is 1.32. The molecule has 0 spiro atoms. The fraction of sp³-hybridized carbons (Fsp3) is 0.977. The smallest absolute Gasteiger partial charge is 0.268 e. The zero-order chi connectivity index (χ0) is 39.3. The van der Waals surface area contributed by atoms with E-state index in [9.17, 15) is 19.4 Å². The van der Waals surface area contributed by atoms with Gasteiger partial charge in [0.2, 0.25) is 5.91 Å². The number of carbonyl (C=O) groups excluding carboxylic acids is 1. The van der Waals surface area contributed by atoms with Gasteiger partial charge in [0.25, 0.3) is 7.82 Å². The van der Waals surface area contributed by atoms with Gasteiger partial charge in [-0.15, -0.1) is 0 Å². The lowest BCUT2D eigenvalue weighted by atomic mass is 10.0. The molecule has 8 nitrogen and oxygen atoms in total. The average molecular weight is 775 g/mol. The van der Waals surface area contributed by atoms with E-state index in [4.69, 9.17) is 9.05 Å². The molecule has 9 heteroatoms. The third-order valence-electron chi connectivity index (χ3n) is 10.6. The number of hydrogen-bond donors (Lipinski definition) is 2. The molecule has 1 unspecified atom stereocenters. The Morgan fingerprint density at radius 1 is 0.585 bits per heavy atom. The van der Waals surface area contributed by atoms with Crippen molar-refractivity contribution in [3.8, 4) is 0 Å². The van der Waals surface area contributed by atoms with Crippen LogP contribution in [0.1, 0.15) is 226 Å². The normalized spacial score (nSPS) is 14.3. The van der Waals surface area contributed by atoms with Gasteiger partial charge < -0.3 is 28.8 Å². The quantitative estimate of drug-likeness (QED) is 0.0363. The molecular weight excluding hydrogens is 683 g/mol. The van der Waals surface area contributed by atoms with Gasteiger partial charge in [0.1, 0.15) is 13.2 Å². The first-order valence-electron chi connectivity index (χ1n) is 22.9. The van der Waals surface area contributed by atoms with Crippen molar-refractivity contribution in [2.24, 2.45) is 0 Å². The van der Waals surface area contributed by atoms with Crippen LogP contribution in [-0.2, 0) is 18.4 Å². The van der Waals surface area contributed by atoms with E-state index in [2.05, 4.69) is 19.2 Å². The Balaban J connectivity index is 4.28. The molecule has 53 heavy (non-hydrogen) atoms. The van der Waals surface area contributed by atoms with Crippen molar-refractivity contribution in [1.82, 2.24) is 5.32 Å². The van der Waals surface area contributed by atoms with Gasteiger partial charge >= 0.3 is 0 Å². The Labute approximate surface area is 329 Å². The Morgan fingerprint density at radius 3 is 1.28 bits per heavy atom. The minimum absolute atomic E-state index is 0.0160. The number of phosphoric ester groups is 1. The Kier molecular flexibility index (Phi) is 36.7. The van der Waals surface area contributed by atoms with Crippen LogP contribution >= 0.6 is 7.82 Å². The lowest BCUT2D eigenvalue weighted by molar-refractivity contribution is -0.870. The maximum atomic E-state index is 12.9. The number of aliphatic hydroxyl groups excluding tert-OH is 1. The lowest BCUT2D eigenvalue weighted by Crippen LogP contribution is -2.46.